The van der Waals surface area contributed by atoms with E-state index in [0.29, 0.717) is 4.47 Å². The van der Waals surface area contributed by atoms with E-state index in [9.17, 15) is 14.0 Å². The Hall–Kier alpha value is -1.43. The van der Waals surface area contributed by atoms with Crippen molar-refractivity contribution in [3.63, 3.8) is 0 Å². The highest BCUT2D eigenvalue weighted by molar-refractivity contribution is 9.10. The largest absolute Gasteiger partial charge is 0.468 e. The van der Waals surface area contributed by atoms with Gasteiger partial charge in [0.2, 0.25) is 0 Å². The van der Waals surface area contributed by atoms with Gasteiger partial charge in [-0.25, -0.2) is 4.39 Å². The molecule has 0 N–H and O–H groups in total. The maximum atomic E-state index is 13.5. The summed E-state index contributed by atoms with van der Waals surface area (Å²) in [7, 11) is 2.32. The lowest BCUT2D eigenvalue weighted by Crippen LogP contribution is -2.28. The van der Waals surface area contributed by atoms with Gasteiger partial charge >= 0.3 is 11.9 Å². The van der Waals surface area contributed by atoms with Gasteiger partial charge in [0.05, 0.1) is 14.2 Å². The molecule has 1 aromatic carbocycles. The smallest absolute Gasteiger partial charge is 0.320 e. The van der Waals surface area contributed by atoms with E-state index in [1.807, 2.05) is 0 Å². The second-order valence-corrected chi connectivity index (χ2v) is 4.45. The molecule has 0 saturated heterocycles. The van der Waals surface area contributed by atoms with Crippen molar-refractivity contribution in [2.75, 3.05) is 14.2 Å². The molecule has 0 aliphatic carbocycles. The van der Waals surface area contributed by atoms with E-state index in [-0.39, 0.29) is 12.0 Å². The molecule has 0 saturated carbocycles. The number of ether oxygens (including phenoxy) is 2. The predicted molar refractivity (Wildman–Crippen MR) is 65.3 cm³/mol. The van der Waals surface area contributed by atoms with Crippen LogP contribution < -0.4 is 0 Å². The van der Waals surface area contributed by atoms with E-state index in [1.54, 1.807) is 0 Å². The van der Waals surface area contributed by atoms with Gasteiger partial charge in [0.25, 0.3) is 0 Å². The Morgan fingerprint density at radius 2 is 1.83 bits per heavy atom. The molecule has 0 heterocycles. The van der Waals surface area contributed by atoms with Gasteiger partial charge in [-0.3, -0.25) is 9.59 Å². The molecule has 0 aliphatic rings. The average molecular weight is 319 g/mol. The zero-order valence-corrected chi connectivity index (χ0v) is 11.5. The minimum Gasteiger partial charge on any atom is -0.468 e. The van der Waals surface area contributed by atoms with Crippen LogP contribution in [0.2, 0.25) is 0 Å². The lowest BCUT2D eigenvalue weighted by molar-refractivity contribution is -0.158. The molecule has 0 atom stereocenters. The summed E-state index contributed by atoms with van der Waals surface area (Å²) >= 11 is 3.20. The van der Waals surface area contributed by atoms with Crippen LogP contribution in [0, 0.1) is 11.7 Å². The number of carbonyl (C=O) groups is 2. The zero-order chi connectivity index (χ0) is 13.7. The molecule has 98 valence electrons. The van der Waals surface area contributed by atoms with E-state index in [1.165, 1.54) is 18.2 Å². The maximum absolute atomic E-state index is 13.5. The van der Waals surface area contributed by atoms with Crippen LogP contribution in [-0.2, 0) is 25.5 Å². The molecule has 0 radical (unpaired) electrons. The van der Waals surface area contributed by atoms with Gasteiger partial charge < -0.3 is 9.47 Å². The van der Waals surface area contributed by atoms with Crippen LogP contribution >= 0.6 is 15.9 Å². The number of halogens is 2. The van der Waals surface area contributed by atoms with Crippen molar-refractivity contribution < 1.29 is 23.5 Å². The van der Waals surface area contributed by atoms with Crippen molar-refractivity contribution in [1.82, 2.24) is 0 Å². The molecule has 0 bridgehead atoms. The number of esters is 2. The first kappa shape index (κ1) is 14.6. The summed E-state index contributed by atoms with van der Waals surface area (Å²) in [5.74, 6) is -3.15. The van der Waals surface area contributed by atoms with E-state index < -0.39 is 23.7 Å². The van der Waals surface area contributed by atoms with Crippen LogP contribution in [0.4, 0.5) is 4.39 Å². The van der Waals surface area contributed by atoms with Gasteiger partial charge in [-0.1, -0.05) is 15.9 Å². The number of carbonyl (C=O) groups excluding carboxylic acids is 2. The number of methoxy groups -OCH3 is 2. The third-order valence-electron chi connectivity index (χ3n) is 2.40. The van der Waals surface area contributed by atoms with Crippen LogP contribution in [0.3, 0.4) is 0 Å². The normalized spacial score (nSPS) is 10.3. The summed E-state index contributed by atoms with van der Waals surface area (Å²) in [4.78, 5) is 22.9. The van der Waals surface area contributed by atoms with Crippen LogP contribution in [-0.4, -0.2) is 26.2 Å². The fourth-order valence-electron chi connectivity index (χ4n) is 1.47. The first-order valence-corrected chi connectivity index (χ1v) is 5.88. The fourth-order valence-corrected chi connectivity index (χ4v) is 1.88. The first-order valence-electron chi connectivity index (χ1n) is 5.09. The van der Waals surface area contributed by atoms with Crippen LogP contribution in [0.15, 0.2) is 22.7 Å². The highest BCUT2D eigenvalue weighted by Gasteiger charge is 2.29. The van der Waals surface area contributed by atoms with Crippen molar-refractivity contribution >= 4 is 27.9 Å². The van der Waals surface area contributed by atoms with Crippen LogP contribution in [0.25, 0.3) is 0 Å². The Balaban J connectivity index is 2.99. The Morgan fingerprint density at radius 1 is 1.28 bits per heavy atom. The number of rotatable bonds is 4. The minimum absolute atomic E-state index is 0.107. The highest BCUT2D eigenvalue weighted by atomic mass is 79.9. The molecule has 0 spiro atoms. The van der Waals surface area contributed by atoms with Gasteiger partial charge in [-0.05, 0) is 30.2 Å². The average Bonchev–Trinajstić information content (AvgIpc) is 2.38. The second kappa shape index (κ2) is 6.49. The first-order chi connectivity index (χ1) is 8.49. The standard InChI is InChI=1S/C12H12BrFO4/c1-17-11(15)9(12(16)18-2)6-7-5-8(13)3-4-10(7)14/h3-5,9H,6H2,1-2H3. The SMILES string of the molecule is COC(=O)C(Cc1cc(Br)ccc1F)C(=O)OC. The summed E-state index contributed by atoms with van der Waals surface area (Å²) in [6.45, 7) is 0. The third kappa shape index (κ3) is 3.53. The Kier molecular flexibility index (Phi) is 5.27. The molecule has 0 fully saturated rings. The summed E-state index contributed by atoms with van der Waals surface area (Å²) in [6, 6.07) is 4.30. The lowest BCUT2D eigenvalue weighted by Gasteiger charge is -2.13. The molecule has 1 rings (SSSR count). The van der Waals surface area contributed by atoms with Crippen molar-refractivity contribution in [1.29, 1.82) is 0 Å². The number of hydrogen-bond acceptors (Lipinski definition) is 4. The summed E-state index contributed by atoms with van der Waals surface area (Å²) < 4.78 is 23.2. The third-order valence-corrected chi connectivity index (χ3v) is 2.90. The Bertz CT molecular complexity index is 445. The Morgan fingerprint density at radius 3 is 2.33 bits per heavy atom. The molecule has 0 aliphatic heterocycles. The van der Waals surface area contributed by atoms with E-state index in [0.717, 1.165) is 14.2 Å². The number of hydrogen-bond donors (Lipinski definition) is 0. The predicted octanol–water partition coefficient (Wildman–Crippen LogP) is 2.09. The monoisotopic (exact) mass is 318 g/mol. The van der Waals surface area contributed by atoms with Crippen LogP contribution in [0.1, 0.15) is 5.56 Å². The van der Waals surface area contributed by atoms with Gasteiger partial charge in [0.1, 0.15) is 5.82 Å². The van der Waals surface area contributed by atoms with Crippen molar-refractivity contribution in [3.8, 4) is 0 Å². The second-order valence-electron chi connectivity index (χ2n) is 3.54. The quantitative estimate of drug-likeness (QED) is 0.630. The van der Waals surface area contributed by atoms with Crippen molar-refractivity contribution in [2.24, 2.45) is 5.92 Å². The molecule has 18 heavy (non-hydrogen) atoms. The van der Waals surface area contributed by atoms with Crippen molar-refractivity contribution in [3.05, 3.63) is 34.1 Å². The molecule has 0 aromatic heterocycles. The summed E-state index contributed by atoms with van der Waals surface area (Å²) in [5, 5.41) is 0. The highest BCUT2D eigenvalue weighted by Crippen LogP contribution is 2.20. The lowest BCUT2D eigenvalue weighted by atomic mass is 9.99. The van der Waals surface area contributed by atoms with Gasteiger partial charge in [-0.2, -0.15) is 0 Å². The topological polar surface area (TPSA) is 52.6 Å². The summed E-state index contributed by atoms with van der Waals surface area (Å²) in [5.41, 5.74) is 0.241. The number of benzene rings is 1. The maximum Gasteiger partial charge on any atom is 0.320 e. The molecule has 0 unspecified atom stereocenters. The minimum atomic E-state index is -1.16. The van der Waals surface area contributed by atoms with Gasteiger partial charge in [-0.15, -0.1) is 0 Å². The Labute approximate surface area is 112 Å². The van der Waals surface area contributed by atoms with E-state index in [2.05, 4.69) is 25.4 Å². The molecular formula is C12H12BrFO4. The zero-order valence-electron chi connectivity index (χ0n) is 9.91. The van der Waals surface area contributed by atoms with E-state index >= 15 is 0 Å². The molecule has 4 nitrogen and oxygen atoms in total. The fraction of sp³-hybridized carbons (Fsp3) is 0.333. The molecule has 6 heteroatoms. The van der Waals surface area contributed by atoms with Gasteiger partial charge in [0.15, 0.2) is 5.92 Å². The van der Waals surface area contributed by atoms with Crippen molar-refractivity contribution in [2.45, 2.75) is 6.42 Å². The summed E-state index contributed by atoms with van der Waals surface area (Å²) in [6.07, 6.45) is -0.107. The van der Waals surface area contributed by atoms with Crippen LogP contribution in [0.5, 0.6) is 0 Å². The molecule has 1 aromatic rings. The van der Waals surface area contributed by atoms with Gasteiger partial charge in [0, 0.05) is 4.47 Å². The molecular weight excluding hydrogens is 307 g/mol. The van der Waals surface area contributed by atoms with E-state index in [4.69, 9.17) is 0 Å². The molecule has 0 amide bonds.